The molecular formula is C31H40O3. The van der Waals surface area contributed by atoms with Crippen molar-refractivity contribution < 1.29 is 14.4 Å². The summed E-state index contributed by atoms with van der Waals surface area (Å²) in [4.78, 5) is 37.9. The number of hydrogen-bond donors (Lipinski definition) is 0. The molecule has 0 N–H and O–H groups in total. The Morgan fingerprint density at radius 3 is 2.26 bits per heavy atom. The van der Waals surface area contributed by atoms with Gasteiger partial charge < -0.3 is 0 Å². The lowest BCUT2D eigenvalue weighted by Gasteiger charge is -2.32. The smallest absolute Gasteiger partial charge is 0.163 e. The van der Waals surface area contributed by atoms with Gasteiger partial charge in [-0.2, -0.15) is 0 Å². The zero-order valence-electron chi connectivity index (χ0n) is 21.8. The molecule has 1 aliphatic carbocycles. The van der Waals surface area contributed by atoms with Crippen LogP contribution in [0.15, 0.2) is 30.3 Å². The van der Waals surface area contributed by atoms with Crippen molar-refractivity contribution in [2.45, 2.75) is 86.5 Å². The Hall–Kier alpha value is -2.55. The SMILES string of the molecule is CCCC(CC1CC(=O)c2c(C)ccc(-c3cc(C)cc(C)c3)c2C1)C(CC)C(=O)CC(C)=O. The van der Waals surface area contributed by atoms with E-state index in [1.54, 1.807) is 0 Å². The van der Waals surface area contributed by atoms with Crippen molar-refractivity contribution in [3.63, 3.8) is 0 Å². The van der Waals surface area contributed by atoms with Gasteiger partial charge in [-0.05, 0) is 81.0 Å². The Bertz CT molecular complexity index is 1060. The number of rotatable bonds is 10. The summed E-state index contributed by atoms with van der Waals surface area (Å²) in [6.45, 7) is 12.0. The highest BCUT2D eigenvalue weighted by Crippen LogP contribution is 2.40. The Labute approximate surface area is 205 Å². The number of carbonyl (C=O) groups is 3. The molecule has 0 heterocycles. The molecule has 2 aromatic carbocycles. The Kier molecular flexibility index (Phi) is 8.62. The van der Waals surface area contributed by atoms with E-state index in [2.05, 4.69) is 51.1 Å². The van der Waals surface area contributed by atoms with E-state index in [-0.39, 0.29) is 41.5 Å². The summed E-state index contributed by atoms with van der Waals surface area (Å²) in [6, 6.07) is 10.8. The molecule has 3 rings (SSSR count). The van der Waals surface area contributed by atoms with Gasteiger partial charge in [0, 0.05) is 17.9 Å². The van der Waals surface area contributed by atoms with Gasteiger partial charge in [0.15, 0.2) is 5.78 Å². The second kappa shape index (κ2) is 11.3. The Morgan fingerprint density at radius 1 is 1.00 bits per heavy atom. The normalized spacial score (nSPS) is 17.2. The number of fused-ring (bicyclic) bond motifs is 1. The van der Waals surface area contributed by atoms with Crippen LogP contribution in [-0.2, 0) is 16.0 Å². The van der Waals surface area contributed by atoms with Gasteiger partial charge in [-0.3, -0.25) is 14.4 Å². The highest BCUT2D eigenvalue weighted by atomic mass is 16.1. The van der Waals surface area contributed by atoms with E-state index in [1.165, 1.54) is 29.2 Å². The molecule has 0 amide bonds. The van der Waals surface area contributed by atoms with Gasteiger partial charge in [0.1, 0.15) is 11.6 Å². The molecule has 34 heavy (non-hydrogen) atoms. The largest absolute Gasteiger partial charge is 0.300 e. The van der Waals surface area contributed by atoms with Crippen LogP contribution in [0.2, 0.25) is 0 Å². The summed E-state index contributed by atoms with van der Waals surface area (Å²) in [5.41, 5.74) is 7.91. The molecule has 0 aliphatic heterocycles. The predicted octanol–water partition coefficient (Wildman–Crippen LogP) is 7.40. The van der Waals surface area contributed by atoms with E-state index in [4.69, 9.17) is 0 Å². The second-order valence-electron chi connectivity index (χ2n) is 10.5. The monoisotopic (exact) mass is 460 g/mol. The Balaban J connectivity index is 1.95. The first-order valence-electron chi connectivity index (χ1n) is 12.9. The molecule has 3 nitrogen and oxygen atoms in total. The van der Waals surface area contributed by atoms with Crippen molar-refractivity contribution in [3.8, 4) is 11.1 Å². The van der Waals surface area contributed by atoms with Crippen LogP contribution in [0.25, 0.3) is 11.1 Å². The number of hydrogen-bond acceptors (Lipinski definition) is 3. The fraction of sp³-hybridized carbons (Fsp3) is 0.516. The highest BCUT2D eigenvalue weighted by molar-refractivity contribution is 6.02. The molecule has 0 saturated heterocycles. The van der Waals surface area contributed by atoms with Crippen LogP contribution in [0.1, 0.15) is 91.9 Å². The van der Waals surface area contributed by atoms with E-state index < -0.39 is 0 Å². The van der Waals surface area contributed by atoms with Crippen molar-refractivity contribution in [2.24, 2.45) is 17.8 Å². The number of aryl methyl sites for hydroxylation is 3. The molecule has 1 aliphatic rings. The highest BCUT2D eigenvalue weighted by Gasteiger charge is 2.34. The molecule has 3 atom stereocenters. The van der Waals surface area contributed by atoms with Crippen LogP contribution in [0.4, 0.5) is 0 Å². The molecule has 0 bridgehead atoms. The van der Waals surface area contributed by atoms with Crippen LogP contribution >= 0.6 is 0 Å². The van der Waals surface area contributed by atoms with Crippen LogP contribution in [0.5, 0.6) is 0 Å². The minimum absolute atomic E-state index is 0.0290. The molecule has 2 aromatic rings. The molecule has 182 valence electrons. The lowest BCUT2D eigenvalue weighted by atomic mass is 9.71. The van der Waals surface area contributed by atoms with Crippen molar-refractivity contribution in [2.75, 3.05) is 0 Å². The predicted molar refractivity (Wildman–Crippen MR) is 139 cm³/mol. The van der Waals surface area contributed by atoms with E-state index >= 15 is 0 Å². The molecule has 0 aromatic heterocycles. The van der Waals surface area contributed by atoms with Gasteiger partial charge in [-0.1, -0.05) is 68.1 Å². The Morgan fingerprint density at radius 2 is 1.68 bits per heavy atom. The maximum Gasteiger partial charge on any atom is 0.163 e. The summed E-state index contributed by atoms with van der Waals surface area (Å²) in [6.07, 6.45) is 5.00. The summed E-state index contributed by atoms with van der Waals surface area (Å²) in [7, 11) is 0. The fourth-order valence-corrected chi connectivity index (χ4v) is 6.14. The standard InChI is InChI=1S/C31H40O3/c1-7-9-24(26(8-2)29(33)15-22(6)32)16-23-17-28-27(25-13-19(3)12-20(4)14-25)11-10-21(5)31(28)30(34)18-23/h10-14,23-24,26H,7-9,15-18H2,1-6H3. The lowest BCUT2D eigenvalue weighted by Crippen LogP contribution is -2.30. The second-order valence-corrected chi connectivity index (χ2v) is 10.5. The molecular weight excluding hydrogens is 420 g/mol. The first kappa shape index (κ1) is 26.1. The van der Waals surface area contributed by atoms with Crippen molar-refractivity contribution >= 4 is 17.3 Å². The van der Waals surface area contributed by atoms with Gasteiger partial charge >= 0.3 is 0 Å². The van der Waals surface area contributed by atoms with E-state index in [9.17, 15) is 14.4 Å². The van der Waals surface area contributed by atoms with Crippen LogP contribution in [0.3, 0.4) is 0 Å². The van der Waals surface area contributed by atoms with Gasteiger partial charge in [-0.15, -0.1) is 0 Å². The number of Topliss-reactive ketones (excluding diaryl/α,β-unsaturated/α-hetero) is 3. The van der Waals surface area contributed by atoms with E-state index in [0.717, 1.165) is 48.8 Å². The summed E-state index contributed by atoms with van der Waals surface area (Å²) in [5.74, 6) is 0.583. The van der Waals surface area contributed by atoms with E-state index in [1.807, 2.05) is 13.8 Å². The van der Waals surface area contributed by atoms with Crippen LogP contribution in [-0.4, -0.2) is 17.3 Å². The van der Waals surface area contributed by atoms with Gasteiger partial charge in [0.2, 0.25) is 0 Å². The molecule has 0 saturated carbocycles. The van der Waals surface area contributed by atoms with Crippen molar-refractivity contribution in [3.05, 3.63) is 58.1 Å². The number of ketones is 3. The molecule has 3 heteroatoms. The van der Waals surface area contributed by atoms with Crippen LogP contribution in [0, 0.1) is 38.5 Å². The van der Waals surface area contributed by atoms with Crippen molar-refractivity contribution in [1.29, 1.82) is 0 Å². The van der Waals surface area contributed by atoms with Gasteiger partial charge in [0.25, 0.3) is 0 Å². The molecule has 0 fully saturated rings. The average molecular weight is 461 g/mol. The average Bonchev–Trinajstić information content (AvgIpc) is 2.73. The molecule has 3 unspecified atom stereocenters. The lowest BCUT2D eigenvalue weighted by molar-refractivity contribution is -0.129. The quantitative estimate of drug-likeness (QED) is 0.347. The zero-order chi connectivity index (χ0) is 25.0. The maximum absolute atomic E-state index is 13.4. The molecule has 0 spiro atoms. The topological polar surface area (TPSA) is 51.2 Å². The van der Waals surface area contributed by atoms with Gasteiger partial charge in [-0.25, -0.2) is 0 Å². The maximum atomic E-state index is 13.4. The summed E-state index contributed by atoms with van der Waals surface area (Å²) < 4.78 is 0. The third-order valence-electron chi connectivity index (χ3n) is 7.44. The minimum Gasteiger partial charge on any atom is -0.300 e. The minimum atomic E-state index is -0.100. The fourth-order valence-electron chi connectivity index (χ4n) is 6.14. The molecule has 0 radical (unpaired) electrons. The third-order valence-corrected chi connectivity index (χ3v) is 7.44. The number of benzene rings is 2. The number of carbonyl (C=O) groups excluding carboxylic acids is 3. The van der Waals surface area contributed by atoms with Crippen molar-refractivity contribution in [1.82, 2.24) is 0 Å². The zero-order valence-corrected chi connectivity index (χ0v) is 21.8. The first-order chi connectivity index (χ1) is 16.1. The summed E-state index contributed by atoms with van der Waals surface area (Å²) >= 11 is 0. The van der Waals surface area contributed by atoms with Gasteiger partial charge in [0.05, 0.1) is 6.42 Å². The first-order valence-corrected chi connectivity index (χ1v) is 12.9. The van der Waals surface area contributed by atoms with Crippen LogP contribution < -0.4 is 0 Å². The third kappa shape index (κ3) is 5.92. The summed E-state index contributed by atoms with van der Waals surface area (Å²) in [5, 5.41) is 0. The van der Waals surface area contributed by atoms with E-state index in [0.29, 0.717) is 6.42 Å².